The summed E-state index contributed by atoms with van der Waals surface area (Å²) in [6, 6.07) is 0. The quantitative estimate of drug-likeness (QED) is 0.541. The van der Waals surface area contributed by atoms with Crippen molar-refractivity contribution in [2.24, 2.45) is 5.41 Å². The predicted octanol–water partition coefficient (Wildman–Crippen LogP) is 3.86. The molecule has 0 heterocycles. The summed E-state index contributed by atoms with van der Waals surface area (Å²) in [6.45, 7) is 6.58. The van der Waals surface area contributed by atoms with Gasteiger partial charge < -0.3 is 0 Å². The predicted molar refractivity (Wildman–Crippen MR) is 58.1 cm³/mol. The molecule has 10 heavy (non-hydrogen) atoms. The van der Waals surface area contributed by atoms with Crippen LogP contribution in [0, 0.1) is 16.6 Å². The van der Waals surface area contributed by atoms with Crippen LogP contribution in [-0.4, -0.2) is 0 Å². The van der Waals surface area contributed by atoms with Crippen LogP contribution in [0.25, 0.3) is 0 Å². The maximum absolute atomic E-state index is 3.22. The maximum Gasteiger partial charge on any atom is 0.0267 e. The molecule has 0 spiro atoms. The largest absolute Gasteiger partial charge is 0.0843 e. The van der Waals surface area contributed by atoms with Crippen molar-refractivity contribution in [3.8, 4) is 11.2 Å². The van der Waals surface area contributed by atoms with Crippen molar-refractivity contribution in [3.63, 3.8) is 0 Å². The van der Waals surface area contributed by atoms with Gasteiger partial charge in [-0.25, -0.2) is 0 Å². The highest BCUT2D eigenvalue weighted by Gasteiger charge is 2.11. The molecule has 0 nitrogen and oxygen atoms in total. The topological polar surface area (TPSA) is 0 Å². The van der Waals surface area contributed by atoms with E-state index in [9.17, 15) is 0 Å². The average molecular weight is 268 g/mol. The Balaban J connectivity index is 3.85. The van der Waals surface area contributed by atoms with Gasteiger partial charge in [0.15, 0.2) is 0 Å². The molecule has 0 saturated carbocycles. The summed E-state index contributed by atoms with van der Waals surface area (Å²) in [7, 11) is 1.56. The third-order valence-corrected chi connectivity index (χ3v) is 2.14. The Bertz CT molecular complexity index is 141. The monoisotopic (exact) mass is 268 g/mol. The van der Waals surface area contributed by atoms with E-state index < -0.39 is 0 Å². The van der Waals surface area contributed by atoms with Gasteiger partial charge in [0, 0.05) is 26.6 Å². The van der Waals surface area contributed by atoms with Gasteiger partial charge in [0.05, 0.1) is 0 Å². The Morgan fingerprint density at radius 3 is 2.50 bits per heavy atom. The summed E-state index contributed by atoms with van der Waals surface area (Å²) >= 11 is 2.20. The van der Waals surface area contributed by atoms with Crippen LogP contribution >= 0.6 is 30.1 Å². The minimum absolute atomic E-state index is 0.215. The van der Waals surface area contributed by atoms with Gasteiger partial charge in [-0.15, -0.1) is 0 Å². The molecule has 0 N–H and O–H groups in total. The zero-order valence-electron chi connectivity index (χ0n) is 6.70. The van der Waals surface area contributed by atoms with Crippen LogP contribution < -0.4 is 0 Å². The fourth-order valence-electron chi connectivity index (χ4n) is 0.845. The summed E-state index contributed by atoms with van der Waals surface area (Å²) < 4.78 is 0. The van der Waals surface area contributed by atoms with Crippen LogP contribution in [0.1, 0.15) is 33.6 Å². The highest BCUT2D eigenvalue weighted by molar-refractivity contribution is 14.2. The molecule has 0 saturated heterocycles. The molecule has 0 aliphatic heterocycles. The highest BCUT2D eigenvalue weighted by Crippen LogP contribution is 2.21. The van der Waals surface area contributed by atoms with Crippen LogP contribution in [0.15, 0.2) is 0 Å². The molecule has 0 fully saturated rings. The van der Waals surface area contributed by atoms with E-state index in [1.54, 1.807) is 8.93 Å². The first-order valence-corrected chi connectivity index (χ1v) is 6.78. The number of halogens is 1. The lowest BCUT2D eigenvalue weighted by Gasteiger charge is -2.14. The van der Waals surface area contributed by atoms with Crippen molar-refractivity contribution in [2.75, 3.05) is 0 Å². The summed E-state index contributed by atoms with van der Waals surface area (Å²) in [4.78, 5) is 0. The van der Waals surface area contributed by atoms with Crippen LogP contribution in [0.2, 0.25) is 0 Å². The molecule has 0 unspecified atom stereocenters. The molecule has 0 aromatic rings. The summed E-state index contributed by atoms with van der Waals surface area (Å²) in [5.41, 5.74) is 0.215. The van der Waals surface area contributed by atoms with Crippen LogP contribution in [0.3, 0.4) is 0 Å². The fourth-order valence-corrected chi connectivity index (χ4v) is 1.49. The maximum atomic E-state index is 3.22. The molecule has 0 aliphatic rings. The number of hydrogen-bond acceptors (Lipinski definition) is 1. The van der Waals surface area contributed by atoms with Gasteiger partial charge in [0.1, 0.15) is 0 Å². The molecule has 0 aromatic carbocycles. The van der Waals surface area contributed by atoms with Gasteiger partial charge in [0.2, 0.25) is 0 Å². The Labute approximate surface area is 80.1 Å². The smallest absolute Gasteiger partial charge is 0.0267 e. The van der Waals surface area contributed by atoms with Gasteiger partial charge in [-0.1, -0.05) is 19.3 Å². The number of rotatable bonds is 2. The number of hydrogen-bond donors (Lipinski definition) is 0. The molecule has 0 aromatic heterocycles. The molecule has 2 heteroatoms. The molecule has 0 radical (unpaired) electrons. The lowest BCUT2D eigenvalue weighted by molar-refractivity contribution is 0.452. The Hall–Kier alpha value is 0.640. The Kier molecular flexibility index (Phi) is 5.65. The zero-order chi connectivity index (χ0) is 8.04. The molecule has 58 valence electrons. The van der Waals surface area contributed by atoms with E-state index in [1.165, 1.54) is 12.8 Å². The van der Waals surface area contributed by atoms with Gasteiger partial charge >= 0.3 is 0 Å². The second-order valence-corrected chi connectivity index (χ2v) is 4.62. The van der Waals surface area contributed by atoms with E-state index in [0.29, 0.717) is 0 Å². The van der Waals surface area contributed by atoms with Crippen molar-refractivity contribution >= 4 is 30.1 Å². The molecular formula is C8H13IS. The first-order chi connectivity index (χ1) is 4.62. The second kappa shape index (κ2) is 5.31. The normalized spacial score (nSPS) is 10.4. The summed E-state index contributed by atoms with van der Waals surface area (Å²) in [6.07, 6.45) is 2.41. The average Bonchev–Trinajstić information content (AvgIpc) is 1.84. The van der Waals surface area contributed by atoms with Crippen molar-refractivity contribution < 1.29 is 0 Å². The zero-order valence-corrected chi connectivity index (χ0v) is 9.67. The minimum Gasteiger partial charge on any atom is -0.0843 e. The van der Waals surface area contributed by atoms with Gasteiger partial charge in [-0.05, 0) is 34.5 Å². The molecule has 0 bridgehead atoms. The fraction of sp³-hybridized carbons (Fsp3) is 0.750. The lowest BCUT2D eigenvalue weighted by atomic mass is 9.89. The van der Waals surface area contributed by atoms with E-state index in [0.717, 1.165) is 0 Å². The molecule has 0 atom stereocenters. The minimum atomic E-state index is 0.215. The molecular weight excluding hydrogens is 255 g/mol. The van der Waals surface area contributed by atoms with Crippen molar-refractivity contribution in [3.05, 3.63) is 0 Å². The molecule has 0 rings (SSSR count). The van der Waals surface area contributed by atoms with E-state index in [2.05, 4.69) is 53.1 Å². The highest BCUT2D eigenvalue weighted by atomic mass is 127. The first-order valence-electron chi connectivity index (χ1n) is 3.42. The third-order valence-electron chi connectivity index (χ3n) is 1.30. The van der Waals surface area contributed by atoms with E-state index in [4.69, 9.17) is 0 Å². The van der Waals surface area contributed by atoms with Gasteiger partial charge in [0.25, 0.3) is 0 Å². The van der Waals surface area contributed by atoms with Crippen LogP contribution in [0.5, 0.6) is 0 Å². The van der Waals surface area contributed by atoms with E-state index in [-0.39, 0.29) is 5.41 Å². The summed E-state index contributed by atoms with van der Waals surface area (Å²) in [5.74, 6) is 3.22. The molecule has 0 aliphatic carbocycles. The van der Waals surface area contributed by atoms with Crippen LogP contribution in [0.4, 0.5) is 0 Å². The second-order valence-electron chi connectivity index (χ2n) is 2.94. The van der Waals surface area contributed by atoms with Crippen molar-refractivity contribution in [2.45, 2.75) is 33.6 Å². The van der Waals surface area contributed by atoms with E-state index in [1.807, 2.05) is 0 Å². The van der Waals surface area contributed by atoms with E-state index >= 15 is 0 Å². The molecule has 0 amide bonds. The first kappa shape index (κ1) is 10.6. The van der Waals surface area contributed by atoms with Crippen molar-refractivity contribution in [1.82, 2.24) is 0 Å². The Morgan fingerprint density at radius 2 is 2.10 bits per heavy atom. The summed E-state index contributed by atoms with van der Waals surface area (Å²) in [5, 5.41) is 3.03. The standard InChI is InChI=1S/C8H13IS/c1-4-5-8(2,3)6-7-10-9/h4-5H2,1-3H3. The third kappa shape index (κ3) is 5.43. The van der Waals surface area contributed by atoms with Gasteiger partial charge in [-0.2, -0.15) is 0 Å². The van der Waals surface area contributed by atoms with Gasteiger partial charge in [-0.3, -0.25) is 0 Å². The Morgan fingerprint density at radius 1 is 1.50 bits per heavy atom. The van der Waals surface area contributed by atoms with Crippen molar-refractivity contribution in [1.29, 1.82) is 0 Å². The SMILES string of the molecule is CCCC(C)(C)C#CSI. The lowest BCUT2D eigenvalue weighted by Crippen LogP contribution is -2.06. The van der Waals surface area contributed by atoms with Crippen LogP contribution in [-0.2, 0) is 0 Å².